The SMILES string of the molecule is C=C(C)Cn1nc(-c2ccc(OC)cc2)nc1-c1cccc(CN(C)C)c1. The molecule has 0 radical (unpaired) electrons. The topological polar surface area (TPSA) is 43.2 Å². The third-order valence-electron chi connectivity index (χ3n) is 4.12. The molecule has 3 rings (SSSR count). The molecular weight excluding hydrogens is 336 g/mol. The zero-order chi connectivity index (χ0) is 19.4. The fraction of sp³-hybridized carbons (Fsp3) is 0.273. The number of aromatic nitrogens is 3. The predicted molar refractivity (Wildman–Crippen MR) is 110 cm³/mol. The van der Waals surface area contributed by atoms with Gasteiger partial charge >= 0.3 is 0 Å². The zero-order valence-corrected chi connectivity index (χ0v) is 16.4. The first-order chi connectivity index (χ1) is 13.0. The van der Waals surface area contributed by atoms with Crippen LogP contribution in [0.2, 0.25) is 0 Å². The quantitative estimate of drug-likeness (QED) is 0.589. The van der Waals surface area contributed by atoms with Gasteiger partial charge in [0.1, 0.15) is 5.75 Å². The molecule has 3 aromatic rings. The molecule has 0 spiro atoms. The van der Waals surface area contributed by atoms with Crippen LogP contribution in [0.3, 0.4) is 0 Å². The fourth-order valence-corrected chi connectivity index (χ4v) is 2.96. The first-order valence-electron chi connectivity index (χ1n) is 8.94. The average Bonchev–Trinajstić information content (AvgIpc) is 3.04. The number of allylic oxidation sites excluding steroid dienone is 1. The lowest BCUT2D eigenvalue weighted by atomic mass is 10.1. The van der Waals surface area contributed by atoms with Crippen molar-refractivity contribution in [2.24, 2.45) is 0 Å². The van der Waals surface area contributed by atoms with E-state index in [2.05, 4.69) is 49.8 Å². The Hall–Kier alpha value is -2.92. The molecule has 1 aromatic heterocycles. The zero-order valence-electron chi connectivity index (χ0n) is 16.4. The summed E-state index contributed by atoms with van der Waals surface area (Å²) in [7, 11) is 5.80. The molecule has 0 amide bonds. The van der Waals surface area contributed by atoms with Crippen LogP contribution in [0.25, 0.3) is 22.8 Å². The van der Waals surface area contributed by atoms with Crippen LogP contribution in [-0.4, -0.2) is 40.9 Å². The highest BCUT2D eigenvalue weighted by Crippen LogP contribution is 2.25. The summed E-state index contributed by atoms with van der Waals surface area (Å²) in [4.78, 5) is 6.99. The summed E-state index contributed by atoms with van der Waals surface area (Å²) in [5, 5.41) is 4.74. The first-order valence-corrected chi connectivity index (χ1v) is 8.94. The van der Waals surface area contributed by atoms with Crippen molar-refractivity contribution < 1.29 is 4.74 Å². The normalized spacial score (nSPS) is 11.0. The second-order valence-electron chi connectivity index (χ2n) is 7.04. The lowest BCUT2D eigenvalue weighted by Gasteiger charge is -2.11. The lowest BCUT2D eigenvalue weighted by molar-refractivity contribution is 0.402. The average molecular weight is 362 g/mol. The number of rotatable bonds is 7. The van der Waals surface area contributed by atoms with Crippen LogP contribution >= 0.6 is 0 Å². The second kappa shape index (κ2) is 8.18. The van der Waals surface area contributed by atoms with Crippen LogP contribution in [-0.2, 0) is 13.1 Å². The van der Waals surface area contributed by atoms with Crippen molar-refractivity contribution in [2.75, 3.05) is 21.2 Å². The van der Waals surface area contributed by atoms with Gasteiger partial charge in [0.25, 0.3) is 0 Å². The molecule has 0 aliphatic carbocycles. The number of benzene rings is 2. The van der Waals surface area contributed by atoms with E-state index in [9.17, 15) is 0 Å². The minimum atomic E-state index is 0.635. The largest absolute Gasteiger partial charge is 0.497 e. The van der Waals surface area contributed by atoms with Gasteiger partial charge in [0.15, 0.2) is 11.6 Å². The Bertz CT molecular complexity index is 926. The third kappa shape index (κ3) is 4.63. The molecule has 140 valence electrons. The molecule has 0 fully saturated rings. The number of ether oxygens (including phenoxy) is 1. The molecule has 0 atom stereocenters. The van der Waals surface area contributed by atoms with Crippen molar-refractivity contribution >= 4 is 0 Å². The van der Waals surface area contributed by atoms with E-state index in [1.807, 2.05) is 35.9 Å². The summed E-state index contributed by atoms with van der Waals surface area (Å²) >= 11 is 0. The highest BCUT2D eigenvalue weighted by Gasteiger charge is 2.14. The van der Waals surface area contributed by atoms with E-state index in [4.69, 9.17) is 14.8 Å². The van der Waals surface area contributed by atoms with E-state index in [0.29, 0.717) is 12.4 Å². The number of nitrogens with zero attached hydrogens (tertiary/aromatic N) is 4. The summed E-state index contributed by atoms with van der Waals surface area (Å²) in [5.74, 6) is 2.37. The fourth-order valence-electron chi connectivity index (χ4n) is 2.96. The molecule has 0 bridgehead atoms. The van der Waals surface area contributed by atoms with E-state index in [1.165, 1.54) is 5.56 Å². The predicted octanol–water partition coefficient (Wildman–Crippen LogP) is 4.26. The summed E-state index contributed by atoms with van der Waals surface area (Å²) in [6, 6.07) is 16.3. The van der Waals surface area contributed by atoms with Crippen LogP contribution in [0, 0.1) is 0 Å². The van der Waals surface area contributed by atoms with E-state index in [-0.39, 0.29) is 0 Å². The molecule has 0 N–H and O–H groups in total. The van der Waals surface area contributed by atoms with E-state index < -0.39 is 0 Å². The minimum absolute atomic E-state index is 0.635. The van der Waals surface area contributed by atoms with E-state index >= 15 is 0 Å². The van der Waals surface area contributed by atoms with Crippen molar-refractivity contribution in [3.05, 3.63) is 66.2 Å². The smallest absolute Gasteiger partial charge is 0.181 e. The highest BCUT2D eigenvalue weighted by molar-refractivity contribution is 5.63. The van der Waals surface area contributed by atoms with Gasteiger partial charge < -0.3 is 9.64 Å². The van der Waals surface area contributed by atoms with Gasteiger partial charge in [-0.15, -0.1) is 0 Å². The third-order valence-corrected chi connectivity index (χ3v) is 4.12. The molecule has 5 heteroatoms. The van der Waals surface area contributed by atoms with Gasteiger partial charge in [-0.1, -0.05) is 30.4 Å². The van der Waals surface area contributed by atoms with Crippen molar-refractivity contribution in [3.8, 4) is 28.5 Å². The number of hydrogen-bond donors (Lipinski definition) is 0. The maximum atomic E-state index is 5.24. The van der Waals surface area contributed by atoms with Gasteiger partial charge in [-0.2, -0.15) is 5.10 Å². The molecular formula is C22H26N4O. The van der Waals surface area contributed by atoms with E-state index in [1.54, 1.807) is 7.11 Å². The summed E-state index contributed by atoms with van der Waals surface area (Å²) < 4.78 is 7.17. The Morgan fingerprint density at radius 1 is 1.11 bits per heavy atom. The molecule has 0 aliphatic rings. The van der Waals surface area contributed by atoms with Crippen LogP contribution < -0.4 is 4.74 Å². The Balaban J connectivity index is 2.02. The van der Waals surface area contributed by atoms with Crippen LogP contribution in [0.5, 0.6) is 5.75 Å². The van der Waals surface area contributed by atoms with Gasteiger partial charge in [0, 0.05) is 17.7 Å². The van der Waals surface area contributed by atoms with Gasteiger partial charge in [0.2, 0.25) is 0 Å². The Labute approximate surface area is 160 Å². The lowest BCUT2D eigenvalue weighted by Crippen LogP contribution is -2.10. The maximum absolute atomic E-state index is 5.24. The van der Waals surface area contributed by atoms with Crippen molar-refractivity contribution in [1.29, 1.82) is 0 Å². The number of hydrogen-bond acceptors (Lipinski definition) is 4. The van der Waals surface area contributed by atoms with Crippen molar-refractivity contribution in [2.45, 2.75) is 20.0 Å². The summed E-state index contributed by atoms with van der Waals surface area (Å²) in [6.07, 6.45) is 0. The van der Waals surface area contributed by atoms with Crippen LogP contribution in [0.15, 0.2) is 60.7 Å². The summed E-state index contributed by atoms with van der Waals surface area (Å²) in [6.45, 7) is 7.55. The monoisotopic (exact) mass is 362 g/mol. The molecule has 0 saturated carbocycles. The van der Waals surface area contributed by atoms with Crippen molar-refractivity contribution in [1.82, 2.24) is 19.7 Å². The highest BCUT2D eigenvalue weighted by atomic mass is 16.5. The Kier molecular flexibility index (Phi) is 5.72. The van der Waals surface area contributed by atoms with Gasteiger partial charge in [-0.25, -0.2) is 9.67 Å². The molecule has 5 nitrogen and oxygen atoms in total. The van der Waals surface area contributed by atoms with E-state index in [0.717, 1.165) is 34.8 Å². The second-order valence-corrected chi connectivity index (χ2v) is 7.04. The Morgan fingerprint density at radius 3 is 2.48 bits per heavy atom. The molecule has 1 heterocycles. The summed E-state index contributed by atoms with van der Waals surface area (Å²) in [5.41, 5.74) is 4.30. The maximum Gasteiger partial charge on any atom is 0.181 e. The molecule has 27 heavy (non-hydrogen) atoms. The van der Waals surface area contributed by atoms with Crippen LogP contribution in [0.4, 0.5) is 0 Å². The molecule has 0 unspecified atom stereocenters. The van der Waals surface area contributed by atoms with Gasteiger partial charge in [0.05, 0.1) is 13.7 Å². The Morgan fingerprint density at radius 2 is 1.85 bits per heavy atom. The molecule has 2 aromatic carbocycles. The van der Waals surface area contributed by atoms with Crippen LogP contribution in [0.1, 0.15) is 12.5 Å². The number of methoxy groups -OCH3 is 1. The van der Waals surface area contributed by atoms with Gasteiger partial charge in [-0.05, 0) is 56.9 Å². The minimum Gasteiger partial charge on any atom is -0.497 e. The standard InChI is InChI=1S/C22H26N4O/c1-16(2)14-26-22(19-8-6-7-17(13-19)15-25(3)4)23-21(24-26)18-9-11-20(27-5)12-10-18/h6-13H,1,14-15H2,2-5H3. The van der Waals surface area contributed by atoms with Crippen molar-refractivity contribution in [3.63, 3.8) is 0 Å². The first kappa shape index (κ1) is 18.9. The van der Waals surface area contributed by atoms with Gasteiger partial charge in [-0.3, -0.25) is 0 Å². The molecule has 0 saturated heterocycles. The molecule has 0 aliphatic heterocycles.